The van der Waals surface area contributed by atoms with Crippen LogP contribution in [0.3, 0.4) is 0 Å². The summed E-state index contributed by atoms with van der Waals surface area (Å²) >= 11 is 0. The van der Waals surface area contributed by atoms with Gasteiger partial charge in [0.05, 0.1) is 0 Å². The summed E-state index contributed by atoms with van der Waals surface area (Å²) in [5.41, 5.74) is 9.07. The summed E-state index contributed by atoms with van der Waals surface area (Å²) in [4.78, 5) is 11.8. The van der Waals surface area contributed by atoms with Crippen LogP contribution in [0, 0.1) is 0 Å². The highest BCUT2D eigenvalue weighted by Gasteiger charge is 2.20. The summed E-state index contributed by atoms with van der Waals surface area (Å²) in [6, 6.07) is 9.26. The van der Waals surface area contributed by atoms with E-state index in [1.807, 2.05) is 29.0 Å². The average molecular weight is 269 g/mol. The van der Waals surface area contributed by atoms with E-state index in [1.54, 1.807) is 12.1 Å². The van der Waals surface area contributed by atoms with Crippen molar-refractivity contribution in [1.29, 1.82) is 0 Å². The number of rotatable bonds is 2. The first kappa shape index (κ1) is 12.5. The number of amidine groups is 1. The Labute approximate surface area is 116 Å². The van der Waals surface area contributed by atoms with E-state index in [0.717, 1.165) is 29.8 Å². The molecule has 1 aliphatic carbocycles. The SMILES string of the molecule is NC(=NO)c1ccc(-n2ccc3c2CCCC3=O)cc1. The number of hydrogen-bond acceptors (Lipinski definition) is 3. The van der Waals surface area contributed by atoms with E-state index >= 15 is 0 Å². The average Bonchev–Trinajstić information content (AvgIpc) is 2.92. The van der Waals surface area contributed by atoms with E-state index in [2.05, 4.69) is 5.16 Å². The lowest BCUT2D eigenvalue weighted by Crippen LogP contribution is -2.14. The van der Waals surface area contributed by atoms with Gasteiger partial charge < -0.3 is 15.5 Å². The molecule has 20 heavy (non-hydrogen) atoms. The molecule has 0 atom stereocenters. The van der Waals surface area contributed by atoms with Gasteiger partial charge in [-0.2, -0.15) is 0 Å². The Balaban J connectivity index is 2.00. The zero-order valence-electron chi connectivity index (χ0n) is 10.9. The lowest BCUT2D eigenvalue weighted by molar-refractivity contribution is 0.0972. The molecule has 0 amide bonds. The number of carbonyl (C=O) groups is 1. The van der Waals surface area contributed by atoms with E-state index in [4.69, 9.17) is 10.9 Å². The Kier molecular flexibility index (Phi) is 3.02. The molecule has 0 spiro atoms. The number of hydrogen-bond donors (Lipinski definition) is 2. The molecular weight excluding hydrogens is 254 g/mol. The van der Waals surface area contributed by atoms with Gasteiger partial charge in [-0.05, 0) is 43.2 Å². The van der Waals surface area contributed by atoms with Gasteiger partial charge in [0.25, 0.3) is 0 Å². The van der Waals surface area contributed by atoms with Crippen molar-refractivity contribution in [2.75, 3.05) is 0 Å². The number of fused-ring (bicyclic) bond motifs is 1. The van der Waals surface area contributed by atoms with Crippen LogP contribution in [0.2, 0.25) is 0 Å². The van der Waals surface area contributed by atoms with Crippen molar-refractivity contribution in [1.82, 2.24) is 4.57 Å². The van der Waals surface area contributed by atoms with Crippen molar-refractivity contribution in [2.45, 2.75) is 19.3 Å². The molecule has 3 N–H and O–H groups in total. The van der Waals surface area contributed by atoms with Crippen molar-refractivity contribution in [2.24, 2.45) is 10.9 Å². The van der Waals surface area contributed by atoms with Crippen LogP contribution in [-0.2, 0) is 6.42 Å². The van der Waals surface area contributed by atoms with Gasteiger partial charge >= 0.3 is 0 Å². The molecule has 5 heteroatoms. The van der Waals surface area contributed by atoms with Crippen LogP contribution in [0.25, 0.3) is 5.69 Å². The lowest BCUT2D eigenvalue weighted by atomic mass is 9.97. The van der Waals surface area contributed by atoms with E-state index in [-0.39, 0.29) is 11.6 Å². The summed E-state index contributed by atoms with van der Waals surface area (Å²) in [7, 11) is 0. The maximum absolute atomic E-state index is 11.8. The third-order valence-electron chi connectivity index (χ3n) is 3.66. The predicted octanol–water partition coefficient (Wildman–Crippen LogP) is 2.09. The molecule has 0 saturated carbocycles. The minimum atomic E-state index is 0.0845. The van der Waals surface area contributed by atoms with Gasteiger partial charge in [-0.25, -0.2) is 0 Å². The van der Waals surface area contributed by atoms with Crippen LogP contribution < -0.4 is 5.73 Å². The maximum Gasteiger partial charge on any atom is 0.170 e. The predicted molar refractivity (Wildman–Crippen MR) is 75.5 cm³/mol. The highest BCUT2D eigenvalue weighted by Crippen LogP contribution is 2.25. The number of oxime groups is 1. The number of benzene rings is 1. The van der Waals surface area contributed by atoms with Crippen molar-refractivity contribution >= 4 is 11.6 Å². The Hall–Kier alpha value is -2.56. The Morgan fingerprint density at radius 1 is 1.20 bits per heavy atom. The fourth-order valence-corrected chi connectivity index (χ4v) is 2.62. The number of nitrogens with two attached hydrogens (primary N) is 1. The van der Waals surface area contributed by atoms with Crippen molar-refractivity contribution in [3.63, 3.8) is 0 Å². The topological polar surface area (TPSA) is 80.6 Å². The lowest BCUT2D eigenvalue weighted by Gasteiger charge is -2.15. The summed E-state index contributed by atoms with van der Waals surface area (Å²) in [5.74, 6) is 0.305. The van der Waals surface area contributed by atoms with Crippen LogP contribution >= 0.6 is 0 Å². The zero-order valence-corrected chi connectivity index (χ0v) is 10.9. The molecule has 2 aromatic rings. The molecule has 0 radical (unpaired) electrons. The summed E-state index contributed by atoms with van der Waals surface area (Å²) < 4.78 is 2.03. The Bertz CT molecular complexity index is 684. The van der Waals surface area contributed by atoms with Gasteiger partial charge in [-0.15, -0.1) is 0 Å². The minimum Gasteiger partial charge on any atom is -0.409 e. The van der Waals surface area contributed by atoms with Crippen LogP contribution in [-0.4, -0.2) is 21.4 Å². The van der Waals surface area contributed by atoms with Gasteiger partial charge in [-0.1, -0.05) is 5.16 Å². The standard InChI is InChI=1S/C15H15N3O2/c16-15(17-20)10-4-6-11(7-5-10)18-9-8-12-13(18)2-1-3-14(12)19/h4-9,20H,1-3H2,(H2,16,17). The molecule has 1 aromatic heterocycles. The van der Waals surface area contributed by atoms with Gasteiger partial charge in [0.15, 0.2) is 11.6 Å². The fourth-order valence-electron chi connectivity index (χ4n) is 2.62. The first-order valence-corrected chi connectivity index (χ1v) is 6.52. The Morgan fingerprint density at radius 2 is 1.95 bits per heavy atom. The molecule has 0 bridgehead atoms. The number of Topliss-reactive ketones (excluding diaryl/α,β-unsaturated/α-hetero) is 1. The third kappa shape index (κ3) is 1.97. The monoisotopic (exact) mass is 269 g/mol. The first-order valence-electron chi connectivity index (χ1n) is 6.52. The van der Waals surface area contributed by atoms with Crippen molar-refractivity contribution < 1.29 is 10.0 Å². The molecule has 1 aromatic carbocycles. The second-order valence-electron chi connectivity index (χ2n) is 4.85. The zero-order chi connectivity index (χ0) is 14.1. The van der Waals surface area contributed by atoms with Gasteiger partial charge in [0.1, 0.15) is 0 Å². The number of nitrogens with zero attached hydrogens (tertiary/aromatic N) is 2. The number of aromatic nitrogens is 1. The second-order valence-corrected chi connectivity index (χ2v) is 4.85. The second kappa shape index (κ2) is 4.85. The molecule has 3 rings (SSSR count). The Morgan fingerprint density at radius 3 is 2.65 bits per heavy atom. The van der Waals surface area contributed by atoms with Gasteiger partial charge in [-0.3, -0.25) is 4.79 Å². The largest absolute Gasteiger partial charge is 0.409 e. The molecule has 102 valence electrons. The van der Waals surface area contributed by atoms with Crippen LogP contribution in [0.15, 0.2) is 41.7 Å². The van der Waals surface area contributed by atoms with Gasteiger partial charge in [0.2, 0.25) is 0 Å². The molecule has 0 aliphatic heterocycles. The maximum atomic E-state index is 11.8. The van der Waals surface area contributed by atoms with E-state index < -0.39 is 0 Å². The van der Waals surface area contributed by atoms with E-state index in [9.17, 15) is 4.79 Å². The normalized spacial score (nSPS) is 15.2. The van der Waals surface area contributed by atoms with Crippen LogP contribution in [0.5, 0.6) is 0 Å². The number of ketones is 1. The molecular formula is C15H15N3O2. The molecule has 0 saturated heterocycles. The van der Waals surface area contributed by atoms with Gasteiger partial charge in [0, 0.05) is 35.1 Å². The quantitative estimate of drug-likeness (QED) is 0.379. The molecule has 0 fully saturated rings. The molecule has 5 nitrogen and oxygen atoms in total. The van der Waals surface area contributed by atoms with Crippen molar-refractivity contribution in [3.8, 4) is 5.69 Å². The summed E-state index contributed by atoms with van der Waals surface area (Å²) in [6.07, 6.45) is 4.37. The minimum absolute atomic E-state index is 0.0845. The van der Waals surface area contributed by atoms with Crippen LogP contribution in [0.1, 0.15) is 34.5 Å². The van der Waals surface area contributed by atoms with Crippen LogP contribution in [0.4, 0.5) is 0 Å². The molecule has 1 heterocycles. The highest BCUT2D eigenvalue weighted by molar-refractivity contribution is 5.98. The van der Waals surface area contributed by atoms with E-state index in [0.29, 0.717) is 12.0 Å². The molecule has 1 aliphatic rings. The molecule has 0 unspecified atom stereocenters. The third-order valence-corrected chi connectivity index (χ3v) is 3.66. The first-order chi connectivity index (χ1) is 9.70. The van der Waals surface area contributed by atoms with E-state index in [1.165, 1.54) is 0 Å². The smallest absolute Gasteiger partial charge is 0.170 e. The highest BCUT2D eigenvalue weighted by atomic mass is 16.4. The van der Waals surface area contributed by atoms with Crippen molar-refractivity contribution in [3.05, 3.63) is 53.3 Å². The summed E-state index contributed by atoms with van der Waals surface area (Å²) in [6.45, 7) is 0. The fraction of sp³-hybridized carbons (Fsp3) is 0.200. The number of carbonyl (C=O) groups excluding carboxylic acids is 1. The summed E-state index contributed by atoms with van der Waals surface area (Å²) in [5, 5.41) is 11.6.